The van der Waals surface area contributed by atoms with Crippen molar-refractivity contribution in [3.05, 3.63) is 30.5 Å². The number of para-hydroxylation sites is 2. The molecule has 3 heterocycles. The minimum atomic E-state index is -0.206. The molecule has 0 saturated carbocycles. The number of carbonyl (C=O) groups excluding carboxylic acids is 1. The van der Waals surface area contributed by atoms with Gasteiger partial charge in [0.25, 0.3) is 5.91 Å². The summed E-state index contributed by atoms with van der Waals surface area (Å²) in [6.07, 6.45) is 5.46. The number of piperidine rings is 1. The van der Waals surface area contributed by atoms with Crippen molar-refractivity contribution >= 4 is 34.5 Å². The Morgan fingerprint density at radius 2 is 1.91 bits per heavy atom. The van der Waals surface area contributed by atoms with E-state index in [1.54, 1.807) is 31.0 Å². The van der Waals surface area contributed by atoms with E-state index in [2.05, 4.69) is 29.2 Å². The lowest BCUT2D eigenvalue weighted by Gasteiger charge is -2.28. The quantitative estimate of drug-likeness (QED) is 0.345. The van der Waals surface area contributed by atoms with Gasteiger partial charge in [-0.3, -0.25) is 4.79 Å². The zero-order chi connectivity index (χ0) is 23.9. The fourth-order valence-electron chi connectivity index (χ4n) is 3.93. The van der Waals surface area contributed by atoms with Gasteiger partial charge in [-0.1, -0.05) is 37.7 Å². The van der Waals surface area contributed by atoms with Crippen molar-refractivity contribution in [2.75, 3.05) is 38.3 Å². The van der Waals surface area contributed by atoms with Crippen LogP contribution in [0.5, 0.6) is 11.5 Å². The van der Waals surface area contributed by atoms with Crippen LogP contribution in [0, 0.1) is 0 Å². The van der Waals surface area contributed by atoms with Gasteiger partial charge in [0, 0.05) is 24.9 Å². The molecule has 1 aromatic carbocycles. The number of anilines is 1. The summed E-state index contributed by atoms with van der Waals surface area (Å²) in [7, 11) is 1.57. The molecular weight excluding hydrogens is 452 g/mol. The highest BCUT2D eigenvalue weighted by atomic mass is 32.2. The number of carbonyl (C=O) groups is 1. The van der Waals surface area contributed by atoms with Crippen LogP contribution in [0.3, 0.4) is 0 Å². The van der Waals surface area contributed by atoms with Crippen molar-refractivity contribution in [1.29, 1.82) is 0 Å². The molecule has 1 saturated heterocycles. The second-order valence-corrected chi connectivity index (χ2v) is 9.98. The van der Waals surface area contributed by atoms with Crippen LogP contribution in [0.25, 0.3) is 11.0 Å². The number of ether oxygens (including phenoxy) is 2. The number of hydrogen-bond donors (Lipinski definition) is 1. The Labute approximate surface area is 204 Å². The van der Waals surface area contributed by atoms with Gasteiger partial charge in [-0.15, -0.1) is 0 Å². The fourth-order valence-corrected chi connectivity index (χ4v) is 4.63. The van der Waals surface area contributed by atoms with E-state index in [1.165, 1.54) is 19.3 Å². The summed E-state index contributed by atoms with van der Waals surface area (Å²) in [4.78, 5) is 24.3. The summed E-state index contributed by atoms with van der Waals surface area (Å²) < 4.78 is 12.7. The fraction of sp³-hybridized carbons (Fsp3) is 0.500. The number of aromatic nitrogens is 4. The van der Waals surface area contributed by atoms with E-state index in [0.29, 0.717) is 29.8 Å². The maximum atomic E-state index is 12.3. The number of benzene rings is 1. The van der Waals surface area contributed by atoms with Crippen molar-refractivity contribution in [3.63, 3.8) is 0 Å². The summed E-state index contributed by atoms with van der Waals surface area (Å²) in [6.45, 7) is 7.12. The van der Waals surface area contributed by atoms with E-state index in [9.17, 15) is 4.79 Å². The van der Waals surface area contributed by atoms with Gasteiger partial charge in [0.1, 0.15) is 5.82 Å². The van der Waals surface area contributed by atoms with E-state index in [-0.39, 0.29) is 12.5 Å². The Balaban J connectivity index is 1.42. The molecule has 0 aliphatic carbocycles. The molecule has 0 radical (unpaired) electrons. The third kappa shape index (κ3) is 5.91. The highest BCUT2D eigenvalue weighted by Gasteiger charge is 2.20. The van der Waals surface area contributed by atoms with Crippen LogP contribution in [0.15, 0.2) is 35.6 Å². The molecule has 1 amide bonds. The summed E-state index contributed by atoms with van der Waals surface area (Å²) in [5, 5.41) is 9.56. The lowest BCUT2D eigenvalue weighted by atomic mass is 10.1. The van der Waals surface area contributed by atoms with Crippen molar-refractivity contribution < 1.29 is 14.3 Å². The molecule has 1 aliphatic rings. The first-order valence-electron chi connectivity index (χ1n) is 11.7. The summed E-state index contributed by atoms with van der Waals surface area (Å²) in [5.74, 6) is 1.89. The Kier molecular flexibility index (Phi) is 8.10. The molecule has 3 aromatic rings. The molecule has 4 rings (SSSR count). The zero-order valence-electron chi connectivity index (χ0n) is 20.0. The summed E-state index contributed by atoms with van der Waals surface area (Å²) in [6, 6.07) is 7.26. The monoisotopic (exact) mass is 484 g/mol. The highest BCUT2D eigenvalue weighted by Crippen LogP contribution is 2.30. The molecule has 34 heavy (non-hydrogen) atoms. The molecule has 0 bridgehead atoms. The molecule has 1 fully saturated rings. The lowest BCUT2D eigenvalue weighted by molar-refractivity contribution is -0.123. The largest absolute Gasteiger partial charge is 0.493 e. The minimum absolute atomic E-state index is 0.0866. The van der Waals surface area contributed by atoms with E-state index >= 15 is 0 Å². The number of fused-ring (bicyclic) bond motifs is 1. The third-order valence-electron chi connectivity index (χ3n) is 5.53. The van der Waals surface area contributed by atoms with Crippen LogP contribution in [0.2, 0.25) is 0 Å². The second kappa shape index (κ2) is 11.4. The predicted molar refractivity (Wildman–Crippen MR) is 134 cm³/mol. The van der Waals surface area contributed by atoms with Crippen LogP contribution >= 0.6 is 11.8 Å². The third-order valence-corrected chi connectivity index (χ3v) is 6.39. The molecule has 0 unspecified atom stereocenters. The molecule has 0 spiro atoms. The Morgan fingerprint density at radius 1 is 1.15 bits per heavy atom. The van der Waals surface area contributed by atoms with Crippen molar-refractivity contribution in [2.45, 2.75) is 50.1 Å². The molecule has 182 valence electrons. The highest BCUT2D eigenvalue weighted by molar-refractivity contribution is 7.99. The molecule has 1 aliphatic heterocycles. The number of amides is 1. The van der Waals surface area contributed by atoms with Gasteiger partial charge < -0.3 is 19.7 Å². The van der Waals surface area contributed by atoms with Gasteiger partial charge in [0.2, 0.25) is 0 Å². The molecule has 9 nitrogen and oxygen atoms in total. The van der Waals surface area contributed by atoms with Gasteiger partial charge in [0.05, 0.1) is 25.2 Å². The molecule has 1 N–H and O–H groups in total. The SMILES string of the molecule is COc1ccccc1OCC(=O)NCCn1ncc2c(N3CCCCC3)nc(SC(C)C)nc21. The van der Waals surface area contributed by atoms with Gasteiger partial charge in [-0.2, -0.15) is 5.10 Å². The van der Waals surface area contributed by atoms with Crippen LogP contribution in [-0.2, 0) is 11.3 Å². The number of nitrogens with zero attached hydrogens (tertiary/aromatic N) is 5. The number of methoxy groups -OCH3 is 1. The van der Waals surface area contributed by atoms with Crippen LogP contribution < -0.4 is 19.7 Å². The van der Waals surface area contributed by atoms with E-state index in [4.69, 9.17) is 19.4 Å². The number of nitrogens with one attached hydrogen (secondary N) is 1. The number of rotatable bonds is 10. The summed E-state index contributed by atoms with van der Waals surface area (Å²) >= 11 is 1.65. The average Bonchev–Trinajstić information content (AvgIpc) is 3.25. The first kappa shape index (κ1) is 24.1. The minimum Gasteiger partial charge on any atom is -0.493 e. The van der Waals surface area contributed by atoms with Gasteiger partial charge in [0.15, 0.2) is 28.9 Å². The summed E-state index contributed by atoms with van der Waals surface area (Å²) in [5.41, 5.74) is 0.804. The van der Waals surface area contributed by atoms with Crippen molar-refractivity contribution in [2.24, 2.45) is 0 Å². The molecule has 10 heteroatoms. The Morgan fingerprint density at radius 3 is 2.65 bits per heavy atom. The maximum absolute atomic E-state index is 12.3. The smallest absolute Gasteiger partial charge is 0.258 e. The maximum Gasteiger partial charge on any atom is 0.258 e. The van der Waals surface area contributed by atoms with Gasteiger partial charge >= 0.3 is 0 Å². The van der Waals surface area contributed by atoms with Crippen molar-refractivity contribution in [3.8, 4) is 11.5 Å². The van der Waals surface area contributed by atoms with Crippen LogP contribution in [0.4, 0.5) is 5.82 Å². The number of hydrogen-bond acceptors (Lipinski definition) is 8. The van der Waals surface area contributed by atoms with Crippen LogP contribution in [0.1, 0.15) is 33.1 Å². The number of thioether (sulfide) groups is 1. The average molecular weight is 485 g/mol. The predicted octanol–water partition coefficient (Wildman–Crippen LogP) is 3.52. The Hall–Kier alpha value is -3.01. The van der Waals surface area contributed by atoms with Crippen molar-refractivity contribution in [1.82, 2.24) is 25.1 Å². The first-order chi connectivity index (χ1) is 16.5. The first-order valence-corrected chi connectivity index (χ1v) is 12.6. The second-order valence-electron chi connectivity index (χ2n) is 8.44. The molecule has 2 aromatic heterocycles. The standard InChI is InChI=1S/C24H32N6O3S/c1-17(2)34-24-27-22(29-12-7-4-8-13-29)18-15-26-30(23(18)28-24)14-11-25-21(31)16-33-20-10-6-5-9-19(20)32-3/h5-6,9-10,15,17H,4,7-8,11-14,16H2,1-3H3,(H,25,31). The van der Waals surface area contributed by atoms with Gasteiger partial charge in [-0.25, -0.2) is 14.6 Å². The van der Waals surface area contributed by atoms with Gasteiger partial charge in [-0.05, 0) is 31.4 Å². The van der Waals surface area contributed by atoms with E-state index in [1.807, 2.05) is 23.0 Å². The molecular formula is C24H32N6O3S. The zero-order valence-corrected chi connectivity index (χ0v) is 20.8. The van der Waals surface area contributed by atoms with E-state index < -0.39 is 0 Å². The lowest BCUT2D eigenvalue weighted by Crippen LogP contribution is -2.32. The van der Waals surface area contributed by atoms with E-state index in [0.717, 1.165) is 35.1 Å². The normalized spacial score (nSPS) is 13.9. The Bertz CT molecular complexity index is 1110. The molecule has 0 atom stereocenters. The van der Waals surface area contributed by atoms with Crippen LogP contribution in [-0.4, -0.2) is 64.3 Å². The topological polar surface area (TPSA) is 94.4 Å².